The Hall–Kier alpha value is -1.95. The highest BCUT2D eigenvalue weighted by molar-refractivity contribution is 7.71. The van der Waals surface area contributed by atoms with Crippen molar-refractivity contribution in [2.75, 3.05) is 0 Å². The predicted molar refractivity (Wildman–Crippen MR) is 77.6 cm³/mol. The number of benzene rings is 1. The first-order chi connectivity index (χ1) is 9.63. The van der Waals surface area contributed by atoms with E-state index in [1.807, 2.05) is 37.4 Å². The van der Waals surface area contributed by atoms with Crippen molar-refractivity contribution in [2.45, 2.75) is 24.8 Å². The summed E-state index contributed by atoms with van der Waals surface area (Å²) < 4.78 is 2.32. The van der Waals surface area contributed by atoms with E-state index in [1.165, 1.54) is 0 Å². The molecule has 0 aliphatic heterocycles. The van der Waals surface area contributed by atoms with Crippen molar-refractivity contribution in [3.8, 4) is 0 Å². The standard InChI is InChI=1S/C14H16N4OS/c1-18-11(16-17-13(18)20)9-15-12(19)14(7-8-14)10-5-3-2-4-6-10/h2-6H,7-9H2,1H3,(H,15,19)(H,17,20). The van der Waals surface area contributed by atoms with Gasteiger partial charge in [-0.3, -0.25) is 9.89 Å². The van der Waals surface area contributed by atoms with Crippen LogP contribution in [0.5, 0.6) is 0 Å². The number of carbonyl (C=O) groups is 1. The molecule has 1 amide bonds. The van der Waals surface area contributed by atoms with Gasteiger partial charge in [-0.2, -0.15) is 5.10 Å². The van der Waals surface area contributed by atoms with Crippen LogP contribution in [0.4, 0.5) is 0 Å². The Labute approximate surface area is 122 Å². The van der Waals surface area contributed by atoms with Crippen LogP contribution in [0.3, 0.4) is 0 Å². The summed E-state index contributed by atoms with van der Waals surface area (Å²) in [6.45, 7) is 0.386. The van der Waals surface area contributed by atoms with E-state index in [4.69, 9.17) is 12.2 Å². The van der Waals surface area contributed by atoms with Crippen molar-refractivity contribution in [1.82, 2.24) is 20.1 Å². The fourth-order valence-corrected chi connectivity index (χ4v) is 2.55. The molecule has 0 radical (unpaired) electrons. The lowest BCUT2D eigenvalue weighted by Gasteiger charge is -2.15. The smallest absolute Gasteiger partial charge is 0.231 e. The predicted octanol–water partition coefficient (Wildman–Crippen LogP) is 1.83. The van der Waals surface area contributed by atoms with Gasteiger partial charge in [-0.15, -0.1) is 0 Å². The second kappa shape index (κ2) is 4.86. The van der Waals surface area contributed by atoms with E-state index in [9.17, 15) is 4.79 Å². The fraction of sp³-hybridized carbons (Fsp3) is 0.357. The van der Waals surface area contributed by atoms with Crippen molar-refractivity contribution >= 4 is 18.1 Å². The van der Waals surface area contributed by atoms with E-state index in [0.29, 0.717) is 11.3 Å². The van der Waals surface area contributed by atoms with E-state index in [1.54, 1.807) is 4.57 Å². The van der Waals surface area contributed by atoms with Gasteiger partial charge in [0, 0.05) is 7.05 Å². The van der Waals surface area contributed by atoms with Gasteiger partial charge < -0.3 is 9.88 Å². The van der Waals surface area contributed by atoms with Crippen molar-refractivity contribution in [3.63, 3.8) is 0 Å². The van der Waals surface area contributed by atoms with Gasteiger partial charge in [0.05, 0.1) is 12.0 Å². The molecule has 1 aromatic carbocycles. The molecule has 2 N–H and O–H groups in total. The number of nitrogens with zero attached hydrogens (tertiary/aromatic N) is 2. The fourth-order valence-electron chi connectivity index (χ4n) is 2.40. The third kappa shape index (κ3) is 2.16. The molecule has 2 aromatic rings. The molecule has 0 atom stereocenters. The number of rotatable bonds is 4. The van der Waals surface area contributed by atoms with Crippen molar-refractivity contribution < 1.29 is 4.79 Å². The van der Waals surface area contributed by atoms with E-state index >= 15 is 0 Å². The molecule has 0 saturated heterocycles. The van der Waals surface area contributed by atoms with Crippen molar-refractivity contribution in [1.29, 1.82) is 0 Å². The van der Waals surface area contributed by atoms with Gasteiger partial charge in [-0.1, -0.05) is 30.3 Å². The largest absolute Gasteiger partial charge is 0.348 e. The van der Waals surface area contributed by atoms with Crippen molar-refractivity contribution in [3.05, 3.63) is 46.5 Å². The normalized spacial score (nSPS) is 15.8. The summed E-state index contributed by atoms with van der Waals surface area (Å²) in [4.78, 5) is 12.4. The molecule has 1 aliphatic rings. The first-order valence-electron chi connectivity index (χ1n) is 6.57. The van der Waals surface area contributed by atoms with E-state index in [0.717, 1.165) is 24.2 Å². The number of aromatic nitrogens is 3. The van der Waals surface area contributed by atoms with Crippen LogP contribution in [-0.2, 0) is 23.8 Å². The maximum absolute atomic E-state index is 12.4. The highest BCUT2D eigenvalue weighted by Crippen LogP contribution is 2.48. The Morgan fingerprint density at radius 2 is 2.15 bits per heavy atom. The van der Waals surface area contributed by atoms with E-state index in [-0.39, 0.29) is 11.3 Å². The van der Waals surface area contributed by atoms with Gasteiger partial charge >= 0.3 is 0 Å². The molecule has 1 heterocycles. The summed E-state index contributed by atoms with van der Waals surface area (Å²) in [5.74, 6) is 0.796. The molecule has 1 saturated carbocycles. The molecule has 1 aromatic heterocycles. The summed E-state index contributed by atoms with van der Waals surface area (Å²) in [7, 11) is 1.83. The van der Waals surface area contributed by atoms with Crippen LogP contribution in [0.25, 0.3) is 0 Å². The minimum Gasteiger partial charge on any atom is -0.348 e. The molecule has 104 valence electrons. The lowest BCUT2D eigenvalue weighted by atomic mass is 9.95. The average molecular weight is 288 g/mol. The van der Waals surface area contributed by atoms with Gasteiger partial charge in [0.25, 0.3) is 0 Å². The lowest BCUT2D eigenvalue weighted by molar-refractivity contribution is -0.123. The highest BCUT2D eigenvalue weighted by atomic mass is 32.1. The Morgan fingerprint density at radius 3 is 2.70 bits per heavy atom. The molecule has 0 spiro atoms. The second-order valence-corrected chi connectivity index (χ2v) is 5.52. The molecule has 0 bridgehead atoms. The number of hydrogen-bond donors (Lipinski definition) is 2. The average Bonchev–Trinajstić information content (AvgIpc) is 3.23. The van der Waals surface area contributed by atoms with Gasteiger partial charge in [0.15, 0.2) is 10.6 Å². The topological polar surface area (TPSA) is 62.7 Å². The van der Waals surface area contributed by atoms with Crippen LogP contribution >= 0.6 is 12.2 Å². The number of aromatic amines is 1. The summed E-state index contributed by atoms with van der Waals surface area (Å²) in [6.07, 6.45) is 1.81. The third-order valence-corrected chi connectivity index (χ3v) is 4.26. The number of hydrogen-bond acceptors (Lipinski definition) is 3. The summed E-state index contributed by atoms with van der Waals surface area (Å²) in [6, 6.07) is 9.94. The van der Waals surface area contributed by atoms with Crippen molar-refractivity contribution in [2.24, 2.45) is 7.05 Å². The van der Waals surface area contributed by atoms with Crippen LogP contribution in [0.15, 0.2) is 30.3 Å². The van der Waals surface area contributed by atoms with Crippen LogP contribution in [-0.4, -0.2) is 20.7 Å². The zero-order chi connectivity index (χ0) is 14.2. The minimum atomic E-state index is -0.340. The van der Waals surface area contributed by atoms with Gasteiger partial charge in [0.1, 0.15) is 0 Å². The van der Waals surface area contributed by atoms with Crippen LogP contribution in [0, 0.1) is 4.77 Å². The third-order valence-electron chi connectivity index (χ3n) is 3.89. The summed E-state index contributed by atoms with van der Waals surface area (Å²) >= 11 is 5.05. The number of carbonyl (C=O) groups excluding carboxylic acids is 1. The molecule has 3 rings (SSSR count). The van der Waals surface area contributed by atoms with Crippen LogP contribution in [0.2, 0.25) is 0 Å². The number of H-pyrrole nitrogens is 1. The molecular formula is C14H16N4OS. The monoisotopic (exact) mass is 288 g/mol. The highest BCUT2D eigenvalue weighted by Gasteiger charge is 2.50. The Balaban J connectivity index is 1.71. The molecule has 5 nitrogen and oxygen atoms in total. The van der Waals surface area contributed by atoms with Crippen LogP contribution in [0.1, 0.15) is 24.2 Å². The Kier molecular flexibility index (Phi) is 3.17. The van der Waals surface area contributed by atoms with E-state index in [2.05, 4.69) is 15.5 Å². The van der Waals surface area contributed by atoms with Gasteiger partial charge in [0.2, 0.25) is 5.91 Å². The molecule has 1 fully saturated rings. The summed E-state index contributed by atoms with van der Waals surface area (Å²) in [5.41, 5.74) is 0.750. The van der Waals surface area contributed by atoms with Crippen LogP contribution < -0.4 is 5.32 Å². The number of amides is 1. The molecule has 6 heteroatoms. The molecular weight excluding hydrogens is 272 g/mol. The summed E-state index contributed by atoms with van der Waals surface area (Å²) in [5, 5.41) is 9.77. The first kappa shape index (κ1) is 13.1. The first-order valence-corrected chi connectivity index (χ1v) is 6.98. The maximum atomic E-state index is 12.4. The Bertz CT molecular complexity index is 685. The second-order valence-electron chi connectivity index (χ2n) is 5.13. The maximum Gasteiger partial charge on any atom is 0.231 e. The minimum absolute atomic E-state index is 0.0672. The van der Waals surface area contributed by atoms with Gasteiger partial charge in [-0.05, 0) is 30.6 Å². The zero-order valence-electron chi connectivity index (χ0n) is 11.2. The molecule has 1 aliphatic carbocycles. The SMILES string of the molecule is Cn1c(CNC(=O)C2(c3ccccc3)CC2)n[nH]c1=S. The van der Waals surface area contributed by atoms with E-state index < -0.39 is 0 Å². The molecule has 0 unspecified atom stereocenters. The Morgan fingerprint density at radius 1 is 1.45 bits per heavy atom. The van der Waals surface area contributed by atoms with Gasteiger partial charge in [-0.25, -0.2) is 0 Å². The zero-order valence-corrected chi connectivity index (χ0v) is 12.0. The number of nitrogens with one attached hydrogen (secondary N) is 2. The quantitative estimate of drug-likeness (QED) is 0.844. The molecule has 20 heavy (non-hydrogen) atoms. The lowest BCUT2D eigenvalue weighted by Crippen LogP contribution is -2.34.